The molecule has 36 heavy (non-hydrogen) atoms. The molecule has 0 amide bonds. The van der Waals surface area contributed by atoms with Gasteiger partial charge in [-0.05, 0) is 12.0 Å². The van der Waals surface area contributed by atoms with Crippen LogP contribution in [-0.2, 0) is 9.57 Å². The molecule has 0 spiro atoms. The number of nitrogens with two attached hydrogens (primary N) is 1. The van der Waals surface area contributed by atoms with E-state index in [4.69, 9.17) is 20.8 Å². The fourth-order valence-electron chi connectivity index (χ4n) is 4.64. The molecule has 1 rings (SSSR count). The molecule has 0 saturated carbocycles. The predicted octanol–water partition coefficient (Wildman–Crippen LogP) is 1.58. The van der Waals surface area contributed by atoms with Crippen molar-refractivity contribution >= 4 is 0 Å². The van der Waals surface area contributed by atoms with E-state index in [1.54, 1.807) is 0 Å². The van der Waals surface area contributed by atoms with Crippen molar-refractivity contribution in [1.29, 1.82) is 0 Å². The van der Waals surface area contributed by atoms with Crippen LogP contribution in [0.25, 0.3) is 10.4 Å². The molecule has 5 unspecified atom stereocenters. The average Bonchev–Trinajstić information content (AvgIpc) is 2.88. The summed E-state index contributed by atoms with van der Waals surface area (Å²) in [4.78, 5) is 7.45. The number of aliphatic hydroxyl groups excluding tert-OH is 6. The molecule has 0 aliphatic carbocycles. The van der Waals surface area contributed by atoms with Crippen LogP contribution in [0.5, 0.6) is 0 Å². The molecule has 12 nitrogen and oxygen atoms in total. The first-order chi connectivity index (χ1) is 17.3. The smallest absolute Gasteiger partial charge is 0.154 e. The third-order valence-electron chi connectivity index (χ3n) is 6.98. The minimum Gasteiger partial charge on any atom is -0.426 e. The number of ether oxygens (including phenoxy) is 1. The van der Waals surface area contributed by atoms with Gasteiger partial charge in [-0.15, -0.1) is 0 Å². The van der Waals surface area contributed by atoms with Crippen molar-refractivity contribution in [1.82, 2.24) is 0 Å². The molecule has 0 aromatic carbocycles. The van der Waals surface area contributed by atoms with Gasteiger partial charge in [-0.1, -0.05) is 84.0 Å². The first-order valence-corrected chi connectivity index (χ1v) is 13.4. The first-order valence-electron chi connectivity index (χ1n) is 13.4. The maximum absolute atomic E-state index is 10.6. The Morgan fingerprint density at radius 1 is 0.889 bits per heavy atom. The quantitative estimate of drug-likeness (QED) is 0.0407. The molecule has 0 aromatic rings. The molecule has 1 saturated heterocycles. The summed E-state index contributed by atoms with van der Waals surface area (Å²) in [5, 5.41) is 63.8. The van der Waals surface area contributed by atoms with E-state index in [9.17, 15) is 30.6 Å². The summed E-state index contributed by atoms with van der Waals surface area (Å²) in [5.41, 5.74) is 14.7. The largest absolute Gasteiger partial charge is 0.426 e. The monoisotopic (exact) mass is 520 g/mol. The Bertz CT molecular complexity index is 611. The highest BCUT2D eigenvalue weighted by Crippen LogP contribution is 2.27. The maximum Gasteiger partial charge on any atom is 0.154 e. The molecule has 1 heterocycles. The maximum atomic E-state index is 10.6. The molecule has 9 atom stereocenters. The van der Waals surface area contributed by atoms with E-state index in [1.807, 2.05) is 0 Å². The third kappa shape index (κ3) is 11.0. The van der Waals surface area contributed by atoms with Crippen molar-refractivity contribution in [2.75, 3.05) is 6.61 Å². The molecule has 212 valence electrons. The molecule has 1 aliphatic rings. The van der Waals surface area contributed by atoms with E-state index < -0.39 is 61.5 Å². The van der Waals surface area contributed by atoms with Gasteiger partial charge in [0.1, 0.15) is 35.8 Å². The Hall–Kier alpha value is -1.21. The van der Waals surface area contributed by atoms with Gasteiger partial charge in [0.15, 0.2) is 6.10 Å². The van der Waals surface area contributed by atoms with Crippen molar-refractivity contribution in [3.05, 3.63) is 10.4 Å². The van der Waals surface area contributed by atoms with Gasteiger partial charge in [0.2, 0.25) is 0 Å². The topological polar surface area (TPSA) is 215 Å². The predicted molar refractivity (Wildman–Crippen MR) is 133 cm³/mol. The van der Waals surface area contributed by atoms with Crippen molar-refractivity contribution in [3.8, 4) is 0 Å². The highest BCUT2D eigenvalue weighted by Gasteiger charge is 2.50. The van der Waals surface area contributed by atoms with Crippen molar-refractivity contribution in [3.63, 3.8) is 0 Å². The first kappa shape index (κ1) is 32.8. The van der Waals surface area contributed by atoms with Crippen LogP contribution in [0.3, 0.4) is 0 Å². The average molecular weight is 521 g/mol. The third-order valence-corrected chi connectivity index (χ3v) is 6.98. The molecule has 8 N–H and O–H groups in total. The summed E-state index contributed by atoms with van der Waals surface area (Å²) in [7, 11) is 0. The van der Waals surface area contributed by atoms with Crippen LogP contribution in [0.4, 0.5) is 0 Å². The minimum absolute atomic E-state index is 0.287. The summed E-state index contributed by atoms with van der Waals surface area (Å²) in [5.74, 6) is 0. The molecule has 1 aliphatic heterocycles. The highest BCUT2D eigenvalue weighted by molar-refractivity contribution is 4.99. The number of hydrogen-bond acceptors (Lipinski definition) is 10. The Labute approximate surface area is 214 Å². The van der Waals surface area contributed by atoms with Gasteiger partial charge in [0.05, 0.1) is 24.9 Å². The lowest BCUT2D eigenvalue weighted by Crippen LogP contribution is -2.66. The van der Waals surface area contributed by atoms with Crippen LogP contribution in [0.2, 0.25) is 0 Å². The van der Waals surface area contributed by atoms with E-state index in [0.717, 1.165) is 19.3 Å². The van der Waals surface area contributed by atoms with Crippen LogP contribution in [-0.4, -0.2) is 92.1 Å². The van der Waals surface area contributed by atoms with E-state index in [2.05, 4.69) is 17.1 Å². The summed E-state index contributed by atoms with van der Waals surface area (Å²) >= 11 is 0. The van der Waals surface area contributed by atoms with Crippen LogP contribution in [0, 0.1) is 0 Å². The van der Waals surface area contributed by atoms with Gasteiger partial charge in [-0.25, -0.2) is 0 Å². The zero-order valence-corrected chi connectivity index (χ0v) is 21.5. The van der Waals surface area contributed by atoms with Crippen molar-refractivity contribution in [2.24, 2.45) is 11.0 Å². The highest BCUT2D eigenvalue weighted by atomic mass is 16.7. The fourth-order valence-corrected chi connectivity index (χ4v) is 4.64. The summed E-state index contributed by atoms with van der Waals surface area (Å²) in [6, 6.07) is -1.37. The van der Waals surface area contributed by atoms with Crippen LogP contribution in [0.1, 0.15) is 90.4 Å². The molecular formula is C24H48N4O8. The Balaban J connectivity index is 2.46. The van der Waals surface area contributed by atoms with E-state index >= 15 is 0 Å². The Morgan fingerprint density at radius 3 is 1.92 bits per heavy atom. The van der Waals surface area contributed by atoms with Crippen LogP contribution < -0.4 is 5.73 Å². The van der Waals surface area contributed by atoms with Crippen molar-refractivity contribution in [2.45, 2.75) is 145 Å². The minimum atomic E-state index is -1.71. The fraction of sp³-hybridized carbons (Fsp3) is 1.00. The van der Waals surface area contributed by atoms with Gasteiger partial charge < -0.3 is 45.9 Å². The molecule has 1 fully saturated rings. The van der Waals surface area contributed by atoms with E-state index in [1.165, 1.54) is 51.4 Å². The standard InChI is InChI=1S/C24H48N4O8/c1-2-3-4-5-6-7-8-9-10-11-12-13-14-16(30)19(31)18(25)23(36-28-27-26)24-22(34)21(33)20(32)17(15-29)35-24/h16-24,29-34H,2-15,25H2,1H3/t16?,17-,18?,19?,20+,21+,22-,23?,24?/m1/s1. The number of nitrogens with zero attached hydrogens (tertiary/aromatic N) is 3. The summed E-state index contributed by atoms with van der Waals surface area (Å²) in [6.45, 7) is 1.55. The van der Waals surface area contributed by atoms with Gasteiger partial charge in [-0.2, -0.15) is 0 Å². The van der Waals surface area contributed by atoms with Gasteiger partial charge in [0.25, 0.3) is 0 Å². The number of unbranched alkanes of at least 4 members (excludes halogenated alkanes) is 11. The second-order valence-corrected chi connectivity index (χ2v) is 9.85. The van der Waals surface area contributed by atoms with Crippen molar-refractivity contribution < 1.29 is 40.2 Å². The lowest BCUT2D eigenvalue weighted by molar-refractivity contribution is -0.259. The Morgan fingerprint density at radius 2 is 1.42 bits per heavy atom. The van der Waals surface area contributed by atoms with Gasteiger partial charge in [0, 0.05) is 4.91 Å². The van der Waals surface area contributed by atoms with E-state index in [-0.39, 0.29) is 6.42 Å². The summed E-state index contributed by atoms with van der Waals surface area (Å²) in [6.07, 6.45) is 2.41. The Kier molecular flexibility index (Phi) is 17.3. The number of rotatable bonds is 20. The lowest BCUT2D eigenvalue weighted by Gasteiger charge is -2.44. The van der Waals surface area contributed by atoms with Crippen LogP contribution >= 0.6 is 0 Å². The summed E-state index contributed by atoms with van der Waals surface area (Å²) < 4.78 is 5.43. The molecule has 0 aromatic heterocycles. The zero-order chi connectivity index (χ0) is 26.9. The number of aliphatic hydroxyl groups is 6. The van der Waals surface area contributed by atoms with Gasteiger partial charge in [-0.3, -0.25) is 0 Å². The molecular weight excluding hydrogens is 472 g/mol. The molecule has 0 bridgehead atoms. The number of hydrogen-bond donors (Lipinski definition) is 7. The molecule has 12 heteroatoms. The SMILES string of the molecule is CCCCCCCCCCCCCCC(O)C(O)C(N)C(ON=[N+]=[N-])C1O[C@H](CO)[C@H](O)[C@H](O)[C@H]1O. The molecule has 0 radical (unpaired) electrons. The van der Waals surface area contributed by atoms with Gasteiger partial charge >= 0.3 is 0 Å². The second kappa shape index (κ2) is 18.9. The lowest BCUT2D eigenvalue weighted by atomic mass is 9.87. The van der Waals surface area contributed by atoms with E-state index in [0.29, 0.717) is 6.42 Å². The zero-order valence-electron chi connectivity index (χ0n) is 21.5. The number of azide groups is 1. The van der Waals surface area contributed by atoms with Crippen LogP contribution in [0.15, 0.2) is 5.28 Å². The normalized spacial score (nSPS) is 27.6. The second-order valence-electron chi connectivity index (χ2n) is 9.85.